The molecule has 0 aliphatic rings. The molecule has 3 aromatic rings. The maximum Gasteiger partial charge on any atom is 0.262 e. The van der Waals surface area contributed by atoms with E-state index in [4.69, 9.17) is 20.5 Å². The molecule has 3 rings (SSSR count). The fourth-order valence-electron chi connectivity index (χ4n) is 2.58. The number of aromatic nitrogens is 1. The standard InChI is InChI=1S/C22H18N4O4/c1-14-10-18(30-22-16(12-23)5-3-9-25-22)7-8-19(14)26-20(27)13-29-17-6-2-4-15(11-17)21(24)28/h2-11H,13H2,1H3,(H2,24,28)(H,26,27). The topological polar surface area (TPSA) is 127 Å². The SMILES string of the molecule is Cc1cc(Oc2ncccc2C#N)ccc1NC(=O)COc1cccc(C(N)=O)c1. The van der Waals surface area contributed by atoms with Crippen molar-refractivity contribution in [3.63, 3.8) is 0 Å². The monoisotopic (exact) mass is 402 g/mol. The molecule has 0 bridgehead atoms. The molecule has 8 nitrogen and oxygen atoms in total. The third-order valence-corrected chi connectivity index (χ3v) is 4.07. The van der Waals surface area contributed by atoms with Crippen LogP contribution in [-0.2, 0) is 4.79 Å². The molecule has 0 fully saturated rings. The second-order valence-corrected chi connectivity index (χ2v) is 6.28. The molecule has 30 heavy (non-hydrogen) atoms. The van der Waals surface area contributed by atoms with E-state index in [-0.39, 0.29) is 18.4 Å². The predicted octanol–water partition coefficient (Wildman–Crippen LogP) is 3.17. The van der Waals surface area contributed by atoms with Crippen molar-refractivity contribution in [3.8, 4) is 23.4 Å². The van der Waals surface area contributed by atoms with Gasteiger partial charge in [-0.05, 0) is 61.0 Å². The number of nitriles is 1. The Balaban J connectivity index is 1.61. The van der Waals surface area contributed by atoms with Gasteiger partial charge in [-0.1, -0.05) is 6.07 Å². The zero-order valence-electron chi connectivity index (χ0n) is 16.1. The van der Waals surface area contributed by atoms with Gasteiger partial charge in [0.25, 0.3) is 5.91 Å². The highest BCUT2D eigenvalue weighted by atomic mass is 16.5. The van der Waals surface area contributed by atoms with Crippen molar-refractivity contribution in [1.29, 1.82) is 5.26 Å². The second kappa shape index (κ2) is 9.21. The van der Waals surface area contributed by atoms with Crippen LogP contribution in [0.15, 0.2) is 60.8 Å². The van der Waals surface area contributed by atoms with E-state index < -0.39 is 5.91 Å². The molecule has 1 aromatic heterocycles. The van der Waals surface area contributed by atoms with Crippen molar-refractivity contribution in [2.45, 2.75) is 6.92 Å². The molecule has 3 N–H and O–H groups in total. The van der Waals surface area contributed by atoms with Gasteiger partial charge in [-0.15, -0.1) is 0 Å². The number of amides is 2. The quantitative estimate of drug-likeness (QED) is 0.625. The Morgan fingerprint density at radius 1 is 1.13 bits per heavy atom. The molecule has 0 atom stereocenters. The van der Waals surface area contributed by atoms with Crippen molar-refractivity contribution in [2.75, 3.05) is 11.9 Å². The van der Waals surface area contributed by atoms with Crippen molar-refractivity contribution in [3.05, 3.63) is 77.5 Å². The summed E-state index contributed by atoms with van der Waals surface area (Å²) in [4.78, 5) is 27.5. The number of rotatable bonds is 7. The summed E-state index contributed by atoms with van der Waals surface area (Å²) >= 11 is 0. The number of nitrogens with two attached hydrogens (primary N) is 1. The van der Waals surface area contributed by atoms with Crippen LogP contribution in [-0.4, -0.2) is 23.4 Å². The van der Waals surface area contributed by atoms with E-state index in [9.17, 15) is 9.59 Å². The molecule has 2 aromatic carbocycles. The molecule has 8 heteroatoms. The first-order chi connectivity index (χ1) is 14.5. The summed E-state index contributed by atoms with van der Waals surface area (Å²) in [5.74, 6) is 0.122. The van der Waals surface area contributed by atoms with Gasteiger partial charge in [0.1, 0.15) is 23.1 Å². The Kier molecular flexibility index (Phi) is 6.25. The largest absolute Gasteiger partial charge is 0.484 e. The van der Waals surface area contributed by atoms with Gasteiger partial charge < -0.3 is 20.5 Å². The molecule has 150 valence electrons. The molecule has 0 saturated heterocycles. The number of anilines is 1. The smallest absolute Gasteiger partial charge is 0.262 e. The Bertz CT molecular complexity index is 1140. The molecular formula is C22H18N4O4. The lowest BCUT2D eigenvalue weighted by molar-refractivity contribution is -0.118. The molecule has 0 aliphatic carbocycles. The first kappa shape index (κ1) is 20.4. The molecule has 0 saturated carbocycles. The van der Waals surface area contributed by atoms with Crippen LogP contribution in [0.3, 0.4) is 0 Å². The van der Waals surface area contributed by atoms with Crippen LogP contribution in [0.4, 0.5) is 5.69 Å². The molecule has 0 radical (unpaired) electrons. The fraction of sp³-hybridized carbons (Fsp3) is 0.0909. The Hall–Kier alpha value is -4.38. The number of ether oxygens (including phenoxy) is 2. The number of nitrogens with zero attached hydrogens (tertiary/aromatic N) is 2. The Morgan fingerprint density at radius 3 is 2.70 bits per heavy atom. The van der Waals surface area contributed by atoms with Gasteiger partial charge >= 0.3 is 0 Å². The number of benzene rings is 2. The lowest BCUT2D eigenvalue weighted by atomic mass is 10.2. The normalized spacial score (nSPS) is 10.0. The van der Waals surface area contributed by atoms with E-state index >= 15 is 0 Å². The molecule has 0 unspecified atom stereocenters. The third-order valence-electron chi connectivity index (χ3n) is 4.07. The highest BCUT2D eigenvalue weighted by Gasteiger charge is 2.10. The highest BCUT2D eigenvalue weighted by Crippen LogP contribution is 2.26. The van der Waals surface area contributed by atoms with Gasteiger partial charge in [0.05, 0.1) is 0 Å². The number of hydrogen-bond acceptors (Lipinski definition) is 6. The number of carbonyl (C=O) groups is 2. The summed E-state index contributed by atoms with van der Waals surface area (Å²) in [7, 11) is 0. The van der Waals surface area contributed by atoms with Gasteiger partial charge in [0.15, 0.2) is 6.61 Å². The maximum atomic E-state index is 12.2. The molecule has 2 amide bonds. The Labute approximate surface area is 172 Å². The molecular weight excluding hydrogens is 384 g/mol. The minimum Gasteiger partial charge on any atom is -0.484 e. The van der Waals surface area contributed by atoms with Crippen LogP contribution in [0.5, 0.6) is 17.4 Å². The zero-order chi connectivity index (χ0) is 21.5. The van der Waals surface area contributed by atoms with Gasteiger partial charge in [-0.3, -0.25) is 9.59 Å². The van der Waals surface area contributed by atoms with E-state index in [0.29, 0.717) is 28.3 Å². The van der Waals surface area contributed by atoms with Crippen LogP contribution in [0, 0.1) is 18.3 Å². The van der Waals surface area contributed by atoms with E-state index in [0.717, 1.165) is 5.56 Å². The van der Waals surface area contributed by atoms with Crippen LogP contribution >= 0.6 is 0 Å². The first-order valence-electron chi connectivity index (χ1n) is 8.92. The average molecular weight is 402 g/mol. The predicted molar refractivity (Wildman–Crippen MR) is 109 cm³/mol. The number of carbonyl (C=O) groups excluding carboxylic acids is 2. The summed E-state index contributed by atoms with van der Waals surface area (Å²) in [5.41, 5.74) is 7.19. The van der Waals surface area contributed by atoms with Crippen molar-refractivity contribution in [1.82, 2.24) is 4.98 Å². The fourth-order valence-corrected chi connectivity index (χ4v) is 2.58. The van der Waals surface area contributed by atoms with Gasteiger partial charge in [0, 0.05) is 17.4 Å². The van der Waals surface area contributed by atoms with Crippen LogP contribution in [0.2, 0.25) is 0 Å². The van der Waals surface area contributed by atoms with E-state index in [1.165, 1.54) is 12.3 Å². The lowest BCUT2D eigenvalue weighted by Crippen LogP contribution is -2.20. The van der Waals surface area contributed by atoms with E-state index in [1.54, 1.807) is 48.5 Å². The van der Waals surface area contributed by atoms with Crippen molar-refractivity contribution < 1.29 is 19.1 Å². The molecule has 0 spiro atoms. The summed E-state index contributed by atoms with van der Waals surface area (Å²) in [6.07, 6.45) is 1.54. The van der Waals surface area contributed by atoms with Crippen LogP contribution in [0.25, 0.3) is 0 Å². The number of hydrogen-bond donors (Lipinski definition) is 2. The Morgan fingerprint density at radius 2 is 1.97 bits per heavy atom. The summed E-state index contributed by atoms with van der Waals surface area (Å²) in [6.45, 7) is 1.57. The minimum atomic E-state index is -0.574. The summed E-state index contributed by atoms with van der Waals surface area (Å²) < 4.78 is 11.1. The molecule has 0 aliphatic heterocycles. The zero-order valence-corrected chi connectivity index (χ0v) is 16.1. The van der Waals surface area contributed by atoms with Gasteiger partial charge in [0.2, 0.25) is 11.8 Å². The summed E-state index contributed by atoms with van der Waals surface area (Å²) in [6, 6.07) is 16.6. The van der Waals surface area contributed by atoms with Crippen LogP contribution < -0.4 is 20.5 Å². The lowest BCUT2D eigenvalue weighted by Gasteiger charge is -2.12. The number of nitrogens with one attached hydrogen (secondary N) is 1. The number of primary amides is 1. The summed E-state index contributed by atoms with van der Waals surface area (Å²) in [5, 5.41) is 11.9. The third kappa shape index (κ3) is 5.11. The maximum absolute atomic E-state index is 12.2. The van der Waals surface area contributed by atoms with Crippen molar-refractivity contribution >= 4 is 17.5 Å². The first-order valence-corrected chi connectivity index (χ1v) is 8.92. The highest BCUT2D eigenvalue weighted by molar-refractivity contribution is 5.94. The molecule has 1 heterocycles. The minimum absolute atomic E-state index is 0.211. The van der Waals surface area contributed by atoms with E-state index in [2.05, 4.69) is 10.3 Å². The van der Waals surface area contributed by atoms with Crippen molar-refractivity contribution in [2.24, 2.45) is 5.73 Å². The van der Waals surface area contributed by atoms with E-state index in [1.807, 2.05) is 13.0 Å². The van der Waals surface area contributed by atoms with Gasteiger partial charge in [-0.2, -0.15) is 5.26 Å². The number of aryl methyl sites for hydroxylation is 1. The average Bonchev–Trinajstić information content (AvgIpc) is 2.75. The van der Waals surface area contributed by atoms with Crippen LogP contribution in [0.1, 0.15) is 21.5 Å². The number of pyridine rings is 1. The second-order valence-electron chi connectivity index (χ2n) is 6.28. The van der Waals surface area contributed by atoms with Gasteiger partial charge in [-0.25, -0.2) is 4.98 Å².